The Labute approximate surface area is 97.5 Å². The molecule has 2 fully saturated rings. The molecule has 90 valence electrons. The van der Waals surface area contributed by atoms with Crippen molar-refractivity contribution in [3.8, 4) is 0 Å². The number of carbonyl (C=O) groups is 1. The van der Waals surface area contributed by atoms with Crippen LogP contribution in [0.15, 0.2) is 18.5 Å². The van der Waals surface area contributed by atoms with E-state index in [1.807, 2.05) is 4.90 Å². The maximum atomic E-state index is 13.0. The van der Waals surface area contributed by atoms with Crippen LogP contribution in [0.3, 0.4) is 0 Å². The van der Waals surface area contributed by atoms with Gasteiger partial charge in [0.1, 0.15) is 5.82 Å². The van der Waals surface area contributed by atoms with E-state index in [9.17, 15) is 9.18 Å². The quantitative estimate of drug-likeness (QED) is 0.792. The van der Waals surface area contributed by atoms with Gasteiger partial charge in [-0.3, -0.25) is 4.98 Å². The normalized spacial score (nSPS) is 21.0. The Morgan fingerprint density at radius 1 is 1.35 bits per heavy atom. The first-order valence-electron chi connectivity index (χ1n) is 5.41. The second-order valence-corrected chi connectivity index (χ2v) is 4.86. The van der Waals surface area contributed by atoms with Gasteiger partial charge in [-0.05, 0) is 0 Å². The van der Waals surface area contributed by atoms with Crippen LogP contribution in [0.1, 0.15) is 0 Å². The number of amides is 1. The van der Waals surface area contributed by atoms with Crippen molar-refractivity contribution in [2.24, 2.45) is 5.41 Å². The third-order valence-corrected chi connectivity index (χ3v) is 3.43. The number of halogens is 1. The molecule has 3 rings (SSSR count). The smallest absolute Gasteiger partial charge is 0.407 e. The van der Waals surface area contributed by atoms with Crippen LogP contribution < -0.4 is 4.90 Å². The van der Waals surface area contributed by atoms with Crippen LogP contribution in [0, 0.1) is 11.2 Å². The van der Waals surface area contributed by atoms with Gasteiger partial charge in [-0.25, -0.2) is 9.18 Å². The highest BCUT2D eigenvalue weighted by Gasteiger charge is 2.53. The maximum Gasteiger partial charge on any atom is 0.407 e. The van der Waals surface area contributed by atoms with Gasteiger partial charge < -0.3 is 14.9 Å². The summed E-state index contributed by atoms with van der Waals surface area (Å²) < 4.78 is 13.0. The number of nitrogens with zero attached hydrogens (tertiary/aromatic N) is 3. The number of pyridine rings is 1. The summed E-state index contributed by atoms with van der Waals surface area (Å²) in [5.74, 6) is -0.343. The number of anilines is 1. The zero-order chi connectivity index (χ0) is 12.0. The van der Waals surface area contributed by atoms with Crippen LogP contribution >= 0.6 is 0 Å². The predicted molar refractivity (Wildman–Crippen MR) is 58.4 cm³/mol. The number of carboxylic acid groups (broad SMARTS) is 1. The summed E-state index contributed by atoms with van der Waals surface area (Å²) in [6.07, 6.45) is 1.94. The molecule has 2 aliphatic heterocycles. The minimum Gasteiger partial charge on any atom is -0.465 e. The van der Waals surface area contributed by atoms with Crippen molar-refractivity contribution < 1.29 is 14.3 Å². The molecule has 1 aromatic heterocycles. The molecule has 0 aliphatic carbocycles. The lowest BCUT2D eigenvalue weighted by atomic mass is 9.73. The Morgan fingerprint density at radius 2 is 2.06 bits per heavy atom. The molecule has 0 radical (unpaired) electrons. The summed E-state index contributed by atoms with van der Waals surface area (Å²) in [4.78, 5) is 17.9. The molecule has 0 unspecified atom stereocenters. The van der Waals surface area contributed by atoms with E-state index in [-0.39, 0.29) is 11.2 Å². The molecule has 1 N–H and O–H groups in total. The fourth-order valence-corrected chi connectivity index (χ4v) is 2.62. The Balaban J connectivity index is 1.61. The number of rotatable bonds is 1. The Hall–Kier alpha value is -1.85. The Kier molecular flexibility index (Phi) is 2.01. The van der Waals surface area contributed by atoms with Gasteiger partial charge in [0.25, 0.3) is 0 Å². The lowest BCUT2D eigenvalue weighted by Gasteiger charge is -2.60. The van der Waals surface area contributed by atoms with E-state index in [4.69, 9.17) is 5.11 Å². The highest BCUT2D eigenvalue weighted by molar-refractivity contribution is 5.67. The topological polar surface area (TPSA) is 56.7 Å². The summed E-state index contributed by atoms with van der Waals surface area (Å²) in [5, 5.41) is 8.76. The molecule has 17 heavy (non-hydrogen) atoms. The van der Waals surface area contributed by atoms with E-state index in [0.717, 1.165) is 18.8 Å². The van der Waals surface area contributed by atoms with Crippen LogP contribution in [-0.2, 0) is 0 Å². The number of hydrogen-bond donors (Lipinski definition) is 1. The summed E-state index contributed by atoms with van der Waals surface area (Å²) in [6.45, 7) is 2.73. The molecule has 2 aliphatic rings. The van der Waals surface area contributed by atoms with Crippen molar-refractivity contribution in [3.63, 3.8) is 0 Å². The molecule has 0 aromatic carbocycles. The zero-order valence-electron chi connectivity index (χ0n) is 9.14. The lowest BCUT2D eigenvalue weighted by molar-refractivity contribution is -0.00945. The second kappa shape index (κ2) is 3.32. The molecule has 2 saturated heterocycles. The second-order valence-electron chi connectivity index (χ2n) is 4.86. The van der Waals surface area contributed by atoms with Gasteiger partial charge in [0.05, 0.1) is 18.1 Å². The molecular formula is C11H12FN3O2. The number of hydrogen-bond acceptors (Lipinski definition) is 3. The van der Waals surface area contributed by atoms with Crippen LogP contribution in [0.5, 0.6) is 0 Å². The molecule has 6 heteroatoms. The van der Waals surface area contributed by atoms with Crippen molar-refractivity contribution in [1.29, 1.82) is 0 Å². The van der Waals surface area contributed by atoms with Crippen LogP contribution in [0.25, 0.3) is 0 Å². The first-order valence-corrected chi connectivity index (χ1v) is 5.41. The van der Waals surface area contributed by atoms with Gasteiger partial charge in [-0.1, -0.05) is 0 Å². The zero-order valence-corrected chi connectivity index (χ0v) is 9.14. The van der Waals surface area contributed by atoms with Gasteiger partial charge in [0, 0.05) is 37.7 Å². The minimum absolute atomic E-state index is 0.0880. The first kappa shape index (κ1) is 10.3. The molecule has 1 aromatic rings. The Bertz CT molecular complexity index is 466. The van der Waals surface area contributed by atoms with Crippen molar-refractivity contribution >= 4 is 11.8 Å². The first-order chi connectivity index (χ1) is 8.08. The van der Waals surface area contributed by atoms with Crippen molar-refractivity contribution in [2.45, 2.75) is 0 Å². The molecule has 1 spiro atoms. The van der Waals surface area contributed by atoms with Crippen LogP contribution in [-0.4, -0.2) is 47.3 Å². The maximum absolute atomic E-state index is 13.0. The Morgan fingerprint density at radius 3 is 2.65 bits per heavy atom. The monoisotopic (exact) mass is 237 g/mol. The standard InChI is InChI=1S/C11H12FN3O2/c12-8-1-9(3-13-2-8)14-4-11(5-14)6-15(7-11)10(16)17/h1-3H,4-7H2,(H,16,17). The lowest BCUT2D eigenvalue weighted by Crippen LogP contribution is -2.73. The van der Waals surface area contributed by atoms with E-state index in [1.54, 1.807) is 6.20 Å². The summed E-state index contributed by atoms with van der Waals surface area (Å²) in [5.41, 5.74) is 0.856. The van der Waals surface area contributed by atoms with E-state index in [0.29, 0.717) is 13.1 Å². The fourth-order valence-electron chi connectivity index (χ4n) is 2.62. The molecule has 0 atom stereocenters. The molecule has 1 amide bonds. The van der Waals surface area contributed by atoms with E-state index < -0.39 is 6.09 Å². The molecule has 5 nitrogen and oxygen atoms in total. The third kappa shape index (κ3) is 1.60. The molecular weight excluding hydrogens is 225 g/mol. The SMILES string of the molecule is O=C(O)N1CC2(C1)CN(c1cncc(F)c1)C2. The third-order valence-electron chi connectivity index (χ3n) is 3.43. The number of likely N-dealkylation sites (tertiary alicyclic amines) is 1. The van der Waals surface area contributed by atoms with Crippen molar-refractivity contribution in [3.05, 3.63) is 24.3 Å². The van der Waals surface area contributed by atoms with E-state index in [2.05, 4.69) is 4.98 Å². The van der Waals surface area contributed by atoms with Gasteiger partial charge in [0.15, 0.2) is 0 Å². The highest BCUT2D eigenvalue weighted by Crippen LogP contribution is 2.41. The largest absolute Gasteiger partial charge is 0.465 e. The van der Waals surface area contributed by atoms with Crippen LogP contribution in [0.2, 0.25) is 0 Å². The van der Waals surface area contributed by atoms with E-state index in [1.165, 1.54) is 17.2 Å². The summed E-state index contributed by atoms with van der Waals surface area (Å²) in [6, 6.07) is 1.45. The van der Waals surface area contributed by atoms with E-state index >= 15 is 0 Å². The van der Waals surface area contributed by atoms with Crippen LogP contribution in [0.4, 0.5) is 14.9 Å². The number of aromatic nitrogens is 1. The minimum atomic E-state index is -0.860. The van der Waals surface area contributed by atoms with Crippen molar-refractivity contribution in [1.82, 2.24) is 9.88 Å². The summed E-state index contributed by atoms with van der Waals surface area (Å²) in [7, 11) is 0. The average Bonchev–Trinajstić information content (AvgIpc) is 2.12. The van der Waals surface area contributed by atoms with Gasteiger partial charge in [-0.2, -0.15) is 0 Å². The van der Waals surface area contributed by atoms with Crippen molar-refractivity contribution in [2.75, 3.05) is 31.1 Å². The summed E-state index contributed by atoms with van der Waals surface area (Å²) >= 11 is 0. The molecule has 3 heterocycles. The average molecular weight is 237 g/mol. The van der Waals surface area contributed by atoms with Gasteiger partial charge >= 0.3 is 6.09 Å². The fraction of sp³-hybridized carbons (Fsp3) is 0.455. The van der Waals surface area contributed by atoms with Gasteiger partial charge in [0.2, 0.25) is 0 Å². The van der Waals surface area contributed by atoms with Gasteiger partial charge in [-0.15, -0.1) is 0 Å². The highest BCUT2D eigenvalue weighted by atomic mass is 19.1. The predicted octanol–water partition coefficient (Wildman–Crippen LogP) is 1.02. The molecule has 0 saturated carbocycles. The molecule has 0 bridgehead atoms.